The number of aryl methyl sites for hydroxylation is 3. The molecular weight excluding hydrogens is 392 g/mol. The van der Waals surface area contributed by atoms with E-state index in [9.17, 15) is 4.79 Å². The third-order valence-corrected chi connectivity index (χ3v) is 6.13. The van der Waals surface area contributed by atoms with E-state index in [2.05, 4.69) is 22.5 Å². The molecule has 3 heterocycles. The first kappa shape index (κ1) is 20.0. The van der Waals surface area contributed by atoms with Crippen LogP contribution in [0.1, 0.15) is 28.1 Å². The minimum absolute atomic E-state index is 0.114. The maximum atomic E-state index is 13.3. The van der Waals surface area contributed by atoms with Gasteiger partial charge in [0, 0.05) is 24.6 Å². The number of nitrogens with zero attached hydrogens (tertiary/aromatic N) is 4. The molecule has 0 radical (unpaired) electrons. The van der Waals surface area contributed by atoms with Crippen LogP contribution in [-0.4, -0.2) is 32.5 Å². The van der Waals surface area contributed by atoms with Crippen LogP contribution < -0.4 is 4.90 Å². The number of thiocarbonyl (C=S) groups is 1. The van der Waals surface area contributed by atoms with Crippen LogP contribution in [-0.2, 0) is 4.79 Å². The molecule has 1 saturated heterocycles. The minimum Gasteiger partial charge on any atom is -0.317 e. The van der Waals surface area contributed by atoms with Gasteiger partial charge >= 0.3 is 0 Å². The van der Waals surface area contributed by atoms with Gasteiger partial charge in [0.05, 0.1) is 17.6 Å². The van der Waals surface area contributed by atoms with Crippen LogP contribution in [0.3, 0.4) is 0 Å². The normalized spacial score (nSPS) is 15.6. The summed E-state index contributed by atoms with van der Waals surface area (Å²) < 4.78 is 2.14. The summed E-state index contributed by atoms with van der Waals surface area (Å²) in [6.45, 7) is 8.19. The summed E-state index contributed by atoms with van der Waals surface area (Å²) in [5, 5.41) is 0.482. The molecule has 0 spiro atoms. The molecule has 1 aliphatic rings. The van der Waals surface area contributed by atoms with Crippen molar-refractivity contribution in [1.82, 2.24) is 14.5 Å². The molecule has 6 heteroatoms. The molecule has 30 heavy (non-hydrogen) atoms. The van der Waals surface area contributed by atoms with E-state index in [0.717, 1.165) is 33.9 Å². The zero-order chi connectivity index (χ0) is 21.6. The number of carbonyl (C=O) groups excluding carboxylic acids is 1. The fourth-order valence-corrected chi connectivity index (χ4v) is 4.10. The number of pyridine rings is 1. The Morgan fingerprint density at radius 2 is 1.77 bits per heavy atom. The molecule has 3 aromatic rings. The topological polar surface area (TPSA) is 41.4 Å². The largest absolute Gasteiger partial charge is 0.317 e. The van der Waals surface area contributed by atoms with E-state index >= 15 is 0 Å². The van der Waals surface area contributed by atoms with Crippen molar-refractivity contribution in [3.05, 3.63) is 82.6 Å². The Morgan fingerprint density at radius 3 is 2.43 bits per heavy atom. The number of amides is 1. The van der Waals surface area contributed by atoms with E-state index in [4.69, 9.17) is 12.2 Å². The van der Waals surface area contributed by atoms with Crippen LogP contribution in [0.15, 0.2) is 54.5 Å². The number of hydrogen-bond donors (Lipinski definition) is 0. The molecule has 4 rings (SSSR count). The van der Waals surface area contributed by atoms with E-state index in [1.165, 1.54) is 5.56 Å². The zero-order valence-corrected chi connectivity index (χ0v) is 18.6. The van der Waals surface area contributed by atoms with E-state index in [1.54, 1.807) is 16.0 Å². The van der Waals surface area contributed by atoms with Gasteiger partial charge in [-0.25, -0.2) is 0 Å². The summed E-state index contributed by atoms with van der Waals surface area (Å²) in [5.41, 5.74) is 7.77. The van der Waals surface area contributed by atoms with Gasteiger partial charge in [-0.05, 0) is 93.0 Å². The molecule has 0 saturated carbocycles. The summed E-state index contributed by atoms with van der Waals surface area (Å²) >= 11 is 5.61. The lowest BCUT2D eigenvalue weighted by atomic mass is 10.1. The number of hydrogen-bond acceptors (Lipinski definition) is 3. The number of rotatable bonds is 3. The maximum absolute atomic E-state index is 13.3. The van der Waals surface area contributed by atoms with E-state index in [-0.39, 0.29) is 5.91 Å². The average molecular weight is 417 g/mol. The second-order valence-electron chi connectivity index (χ2n) is 7.65. The Balaban J connectivity index is 1.75. The zero-order valence-electron chi connectivity index (χ0n) is 17.8. The number of likely N-dealkylation sites (N-methyl/N-ethyl adjacent to an activating group) is 1. The predicted molar refractivity (Wildman–Crippen MR) is 125 cm³/mol. The molecular formula is C24H24N4OS. The molecule has 2 aromatic heterocycles. The third kappa shape index (κ3) is 3.23. The molecule has 1 fully saturated rings. The second-order valence-corrected chi connectivity index (χ2v) is 8.02. The standard InChI is InChI=1S/C24H24N4OS/c1-15-8-9-20(11-16(15)2)28-23(29)22(26(5)24(28)30)13-19-12-17(3)27(18(19)4)21-7-6-10-25-14-21/h6-14H,1-5H3. The Labute approximate surface area is 182 Å². The first-order valence-electron chi connectivity index (χ1n) is 9.80. The van der Waals surface area contributed by atoms with Gasteiger partial charge in [0.15, 0.2) is 5.11 Å². The number of anilines is 1. The summed E-state index contributed by atoms with van der Waals surface area (Å²) in [7, 11) is 1.84. The molecule has 152 valence electrons. The third-order valence-electron chi connectivity index (χ3n) is 5.68. The van der Waals surface area contributed by atoms with Gasteiger partial charge in [0.1, 0.15) is 5.70 Å². The van der Waals surface area contributed by atoms with Gasteiger partial charge < -0.3 is 9.47 Å². The highest BCUT2D eigenvalue weighted by Crippen LogP contribution is 2.30. The van der Waals surface area contributed by atoms with Crippen molar-refractivity contribution in [2.75, 3.05) is 11.9 Å². The molecule has 1 aliphatic heterocycles. The minimum atomic E-state index is -0.114. The molecule has 1 amide bonds. The highest BCUT2D eigenvalue weighted by atomic mass is 32.1. The Kier molecular flexibility index (Phi) is 5.03. The predicted octanol–water partition coefficient (Wildman–Crippen LogP) is 4.71. The monoisotopic (exact) mass is 416 g/mol. The highest BCUT2D eigenvalue weighted by Gasteiger charge is 2.37. The van der Waals surface area contributed by atoms with Gasteiger partial charge in [-0.1, -0.05) is 6.07 Å². The SMILES string of the molecule is Cc1ccc(N2C(=O)C(=Cc3cc(C)n(-c4cccnc4)c3C)N(C)C2=S)cc1C. The van der Waals surface area contributed by atoms with Gasteiger partial charge in [0.25, 0.3) is 5.91 Å². The first-order valence-corrected chi connectivity index (χ1v) is 10.2. The summed E-state index contributed by atoms with van der Waals surface area (Å²) in [6.07, 6.45) is 5.51. The van der Waals surface area contributed by atoms with Crippen LogP contribution in [0.5, 0.6) is 0 Å². The molecule has 0 N–H and O–H groups in total. The lowest BCUT2D eigenvalue weighted by Crippen LogP contribution is -2.31. The smallest absolute Gasteiger partial charge is 0.281 e. The van der Waals surface area contributed by atoms with Gasteiger partial charge in [-0.2, -0.15) is 0 Å². The second kappa shape index (κ2) is 7.54. The molecule has 5 nitrogen and oxygen atoms in total. The Morgan fingerprint density at radius 1 is 1.00 bits per heavy atom. The Bertz CT molecular complexity index is 1190. The van der Waals surface area contributed by atoms with Gasteiger partial charge in [0.2, 0.25) is 0 Å². The van der Waals surface area contributed by atoms with Crippen molar-refractivity contribution in [3.8, 4) is 5.69 Å². The fourth-order valence-electron chi connectivity index (χ4n) is 3.81. The van der Waals surface area contributed by atoms with Gasteiger partial charge in [-0.3, -0.25) is 14.7 Å². The first-order chi connectivity index (χ1) is 14.3. The highest BCUT2D eigenvalue weighted by molar-refractivity contribution is 7.80. The molecule has 0 atom stereocenters. The van der Waals surface area contributed by atoms with E-state index < -0.39 is 0 Å². The van der Waals surface area contributed by atoms with E-state index in [0.29, 0.717) is 10.8 Å². The summed E-state index contributed by atoms with van der Waals surface area (Å²) in [6, 6.07) is 12.0. The quantitative estimate of drug-likeness (QED) is 0.458. The maximum Gasteiger partial charge on any atom is 0.281 e. The molecule has 0 bridgehead atoms. The van der Waals surface area contributed by atoms with Crippen LogP contribution in [0.25, 0.3) is 11.8 Å². The van der Waals surface area contributed by atoms with Crippen molar-refractivity contribution < 1.29 is 4.79 Å². The van der Waals surface area contributed by atoms with Crippen molar-refractivity contribution in [3.63, 3.8) is 0 Å². The van der Waals surface area contributed by atoms with Gasteiger partial charge in [-0.15, -0.1) is 0 Å². The average Bonchev–Trinajstić information content (AvgIpc) is 3.12. The molecule has 0 unspecified atom stereocenters. The van der Waals surface area contributed by atoms with E-state index in [1.807, 2.05) is 70.4 Å². The Hall–Kier alpha value is -3.25. The number of benzene rings is 1. The fraction of sp³-hybridized carbons (Fsp3) is 0.208. The molecule has 0 aliphatic carbocycles. The van der Waals surface area contributed by atoms with Crippen molar-refractivity contribution >= 4 is 35.0 Å². The number of carbonyl (C=O) groups is 1. The van der Waals surface area contributed by atoms with Crippen molar-refractivity contribution in [1.29, 1.82) is 0 Å². The van der Waals surface area contributed by atoms with Crippen molar-refractivity contribution in [2.45, 2.75) is 27.7 Å². The van der Waals surface area contributed by atoms with Crippen LogP contribution in [0, 0.1) is 27.7 Å². The van der Waals surface area contributed by atoms with Crippen LogP contribution in [0.2, 0.25) is 0 Å². The summed E-state index contributed by atoms with van der Waals surface area (Å²) in [4.78, 5) is 20.9. The van der Waals surface area contributed by atoms with Crippen LogP contribution >= 0.6 is 12.2 Å². The summed E-state index contributed by atoms with van der Waals surface area (Å²) in [5.74, 6) is -0.114. The molecule has 1 aromatic carbocycles. The lowest BCUT2D eigenvalue weighted by molar-refractivity contribution is -0.114. The number of aromatic nitrogens is 2. The van der Waals surface area contributed by atoms with Crippen LogP contribution in [0.4, 0.5) is 5.69 Å². The lowest BCUT2D eigenvalue weighted by Gasteiger charge is -2.17. The van der Waals surface area contributed by atoms with Crippen molar-refractivity contribution in [2.24, 2.45) is 0 Å².